The average molecular weight is 250 g/mol. The van der Waals surface area contributed by atoms with Crippen LogP contribution in [0.3, 0.4) is 0 Å². The number of alkyl halides is 3. The van der Waals surface area contributed by atoms with E-state index in [1.165, 1.54) is 17.8 Å². The first kappa shape index (κ1) is 13.5. The van der Waals surface area contributed by atoms with Crippen molar-refractivity contribution in [2.45, 2.75) is 25.6 Å². The van der Waals surface area contributed by atoms with Crippen LogP contribution in [0.2, 0.25) is 0 Å². The molecule has 1 aromatic heterocycles. The molecule has 1 heterocycles. The lowest BCUT2D eigenvalue weighted by atomic mass is 10.0. The van der Waals surface area contributed by atoms with Crippen LogP contribution in [-0.2, 0) is 11.8 Å². The van der Waals surface area contributed by atoms with Crippen molar-refractivity contribution in [1.29, 1.82) is 0 Å². The molecule has 3 N–H and O–H groups in total. The minimum Gasteiger partial charge on any atom is -0.310 e. The Balaban J connectivity index is 2.90. The van der Waals surface area contributed by atoms with Crippen LogP contribution in [0.4, 0.5) is 19.0 Å². The molecule has 0 aliphatic heterocycles. The molecule has 1 rings (SSSR count). The largest absolute Gasteiger partial charge is 0.415 e. The molecule has 0 fully saturated rings. The molecule has 0 aliphatic carbocycles. The van der Waals surface area contributed by atoms with Gasteiger partial charge in [0.15, 0.2) is 5.54 Å². The molecule has 5 nitrogen and oxygen atoms in total. The highest BCUT2D eigenvalue weighted by Crippen LogP contribution is 2.28. The van der Waals surface area contributed by atoms with Crippen LogP contribution >= 0.6 is 0 Å². The number of hydrogen-bond acceptors (Lipinski definition) is 3. The number of carbonyl (C=O) groups is 1. The number of nitrogens with one attached hydrogen (secondary N) is 1. The fourth-order valence-electron chi connectivity index (χ4n) is 1.10. The summed E-state index contributed by atoms with van der Waals surface area (Å²) in [4.78, 5) is 11.4. The molecule has 0 aromatic carbocycles. The number of hydrogen-bond donors (Lipinski definition) is 2. The van der Waals surface area contributed by atoms with E-state index in [-0.39, 0.29) is 5.82 Å². The fraction of sp³-hybridized carbons (Fsp3) is 0.556. The highest BCUT2D eigenvalue weighted by atomic mass is 19.4. The van der Waals surface area contributed by atoms with Gasteiger partial charge in [-0.05, 0) is 13.8 Å². The number of aromatic nitrogens is 2. The van der Waals surface area contributed by atoms with Crippen molar-refractivity contribution in [2.75, 3.05) is 5.32 Å². The molecule has 96 valence electrons. The van der Waals surface area contributed by atoms with Gasteiger partial charge in [-0.1, -0.05) is 0 Å². The molecule has 0 aliphatic rings. The quantitative estimate of drug-likeness (QED) is 0.820. The third-order valence-corrected chi connectivity index (χ3v) is 2.30. The first-order valence-electron chi connectivity index (χ1n) is 4.73. The number of carbonyl (C=O) groups excluding carboxylic acids is 1. The van der Waals surface area contributed by atoms with Gasteiger partial charge in [0.2, 0.25) is 0 Å². The maximum absolute atomic E-state index is 12.5. The zero-order chi connectivity index (χ0) is 13.4. The Labute approximate surface area is 95.8 Å². The monoisotopic (exact) mass is 250 g/mol. The lowest BCUT2D eigenvalue weighted by molar-refractivity contribution is -0.184. The lowest BCUT2D eigenvalue weighted by Crippen LogP contribution is -2.59. The molecule has 8 heteroatoms. The second kappa shape index (κ2) is 4.02. The molecule has 0 bridgehead atoms. The summed E-state index contributed by atoms with van der Waals surface area (Å²) in [5.74, 6) is -1.17. The highest BCUT2D eigenvalue weighted by Gasteiger charge is 2.54. The molecule has 1 amide bonds. The van der Waals surface area contributed by atoms with Crippen molar-refractivity contribution in [1.82, 2.24) is 9.78 Å². The molecular formula is C9H13F3N4O. The Morgan fingerprint density at radius 3 is 2.41 bits per heavy atom. The van der Waals surface area contributed by atoms with Crippen LogP contribution in [0, 0.1) is 6.92 Å². The summed E-state index contributed by atoms with van der Waals surface area (Å²) in [5.41, 5.74) is 2.61. The Bertz CT molecular complexity index is 436. The predicted molar refractivity (Wildman–Crippen MR) is 55.2 cm³/mol. The fourth-order valence-corrected chi connectivity index (χ4v) is 1.10. The average Bonchev–Trinajstić information content (AvgIpc) is 2.43. The molecule has 1 atom stereocenters. The number of nitrogens with zero attached hydrogens (tertiary/aromatic N) is 2. The van der Waals surface area contributed by atoms with E-state index in [4.69, 9.17) is 5.73 Å². The molecule has 1 unspecified atom stereocenters. The first-order chi connectivity index (χ1) is 7.55. The summed E-state index contributed by atoms with van der Waals surface area (Å²) < 4.78 is 38.7. The second-order valence-corrected chi connectivity index (χ2v) is 3.95. The van der Waals surface area contributed by atoms with Crippen LogP contribution in [0.1, 0.15) is 12.6 Å². The van der Waals surface area contributed by atoms with Crippen LogP contribution in [-0.4, -0.2) is 27.4 Å². The van der Waals surface area contributed by atoms with Crippen LogP contribution < -0.4 is 11.1 Å². The summed E-state index contributed by atoms with van der Waals surface area (Å²) >= 11 is 0. The van der Waals surface area contributed by atoms with E-state index in [9.17, 15) is 18.0 Å². The smallest absolute Gasteiger partial charge is 0.310 e. The summed E-state index contributed by atoms with van der Waals surface area (Å²) in [7, 11) is 1.50. The summed E-state index contributed by atoms with van der Waals surface area (Å²) in [5, 5.41) is 5.98. The van der Waals surface area contributed by atoms with Gasteiger partial charge in [0.05, 0.1) is 5.69 Å². The normalized spacial score (nSPS) is 15.5. The third-order valence-electron chi connectivity index (χ3n) is 2.30. The first-order valence-corrected chi connectivity index (χ1v) is 4.73. The van der Waals surface area contributed by atoms with Crippen molar-refractivity contribution in [3.63, 3.8) is 0 Å². The molecule has 0 saturated heterocycles. The summed E-state index contributed by atoms with van der Waals surface area (Å²) in [6, 6.07) is 1.45. The minimum absolute atomic E-state index is 0.161. The number of amides is 1. The van der Waals surface area contributed by atoms with Crippen molar-refractivity contribution >= 4 is 11.7 Å². The third kappa shape index (κ3) is 2.57. The molecule has 0 radical (unpaired) electrons. The number of halogens is 3. The number of rotatable bonds is 2. The van der Waals surface area contributed by atoms with Crippen molar-refractivity contribution in [2.24, 2.45) is 12.8 Å². The Hall–Kier alpha value is -1.57. The Kier molecular flexibility index (Phi) is 3.19. The summed E-state index contributed by atoms with van der Waals surface area (Å²) in [6.07, 6.45) is -4.81. The zero-order valence-corrected chi connectivity index (χ0v) is 9.59. The van der Waals surface area contributed by atoms with Gasteiger partial charge in [-0.3, -0.25) is 9.48 Å². The molecule has 0 saturated carbocycles. The predicted octanol–water partition coefficient (Wildman–Crippen LogP) is 0.947. The van der Waals surface area contributed by atoms with Gasteiger partial charge in [-0.2, -0.15) is 18.3 Å². The van der Waals surface area contributed by atoms with Crippen molar-refractivity contribution in [3.8, 4) is 0 Å². The molecule has 1 aromatic rings. The Morgan fingerprint density at radius 1 is 1.53 bits per heavy atom. The van der Waals surface area contributed by atoms with E-state index in [0.717, 1.165) is 0 Å². The van der Waals surface area contributed by atoms with Crippen molar-refractivity contribution in [3.05, 3.63) is 11.8 Å². The number of aryl methyl sites for hydroxylation is 2. The second-order valence-electron chi connectivity index (χ2n) is 3.95. The summed E-state index contributed by atoms with van der Waals surface area (Å²) in [6.45, 7) is 2.27. The van der Waals surface area contributed by atoms with E-state index < -0.39 is 17.6 Å². The minimum atomic E-state index is -4.81. The van der Waals surface area contributed by atoms with E-state index >= 15 is 0 Å². The van der Waals surface area contributed by atoms with E-state index in [0.29, 0.717) is 12.6 Å². The number of nitrogens with two attached hydrogens (primary N) is 1. The van der Waals surface area contributed by atoms with Gasteiger partial charge in [-0.25, -0.2) is 0 Å². The van der Waals surface area contributed by atoms with Gasteiger partial charge in [0.1, 0.15) is 5.82 Å². The van der Waals surface area contributed by atoms with Gasteiger partial charge < -0.3 is 11.1 Å². The molecular weight excluding hydrogens is 237 g/mol. The van der Waals surface area contributed by atoms with Crippen molar-refractivity contribution < 1.29 is 18.0 Å². The van der Waals surface area contributed by atoms with Crippen LogP contribution in [0.25, 0.3) is 0 Å². The van der Waals surface area contributed by atoms with Gasteiger partial charge >= 0.3 is 6.18 Å². The standard InChI is InChI=1S/C9H13F3N4O/c1-5-4-6(16(3)15-5)14-7(17)8(2,13)9(10,11)12/h4H,13H2,1-3H3,(H,14,17). The van der Waals surface area contributed by atoms with E-state index in [2.05, 4.69) is 10.4 Å². The topological polar surface area (TPSA) is 72.9 Å². The van der Waals surface area contributed by atoms with Gasteiger partial charge in [-0.15, -0.1) is 0 Å². The van der Waals surface area contributed by atoms with Crippen LogP contribution in [0.5, 0.6) is 0 Å². The lowest BCUT2D eigenvalue weighted by Gasteiger charge is -2.25. The highest BCUT2D eigenvalue weighted by molar-refractivity contribution is 5.97. The van der Waals surface area contributed by atoms with E-state index in [1.807, 2.05) is 0 Å². The van der Waals surface area contributed by atoms with E-state index in [1.54, 1.807) is 6.92 Å². The molecule has 0 spiro atoms. The molecule has 17 heavy (non-hydrogen) atoms. The van der Waals surface area contributed by atoms with Gasteiger partial charge in [0, 0.05) is 13.1 Å². The zero-order valence-electron chi connectivity index (χ0n) is 9.59. The Morgan fingerprint density at radius 2 is 2.06 bits per heavy atom. The maximum atomic E-state index is 12.5. The maximum Gasteiger partial charge on any atom is 0.415 e. The number of anilines is 1. The van der Waals surface area contributed by atoms with Crippen LogP contribution in [0.15, 0.2) is 6.07 Å². The van der Waals surface area contributed by atoms with Gasteiger partial charge in [0.25, 0.3) is 5.91 Å². The SMILES string of the molecule is Cc1cc(NC(=O)C(C)(N)C(F)(F)F)n(C)n1.